The van der Waals surface area contributed by atoms with Crippen LogP contribution in [0.3, 0.4) is 0 Å². The maximum Gasteiger partial charge on any atom is 0.250 e. The molecule has 0 aliphatic carbocycles. The third kappa shape index (κ3) is 7.42. The van der Waals surface area contributed by atoms with Gasteiger partial charge in [0.25, 0.3) is 5.56 Å². The molecule has 0 amide bonds. The monoisotopic (exact) mass is 494 g/mol. The van der Waals surface area contributed by atoms with Crippen LogP contribution in [0.4, 0.5) is 4.39 Å². The molecule has 1 fully saturated rings. The molecular weight excluding hydrogens is 459 g/mol. The maximum atomic E-state index is 13.8. The van der Waals surface area contributed by atoms with Crippen molar-refractivity contribution < 1.29 is 19.0 Å². The molecule has 0 saturated carbocycles. The molecule has 2 heterocycles. The zero-order chi connectivity index (χ0) is 25.4. The summed E-state index contributed by atoms with van der Waals surface area (Å²) in [5.74, 6) is 0.579. The van der Waals surface area contributed by atoms with Gasteiger partial charge in [-0.2, -0.15) is 0 Å². The number of pyridine rings is 1. The van der Waals surface area contributed by atoms with E-state index in [0.29, 0.717) is 26.0 Å². The van der Waals surface area contributed by atoms with Gasteiger partial charge in [-0.1, -0.05) is 30.3 Å². The van der Waals surface area contributed by atoms with Crippen LogP contribution in [0.5, 0.6) is 11.5 Å². The lowest BCUT2D eigenvalue weighted by atomic mass is 9.96. The average Bonchev–Trinajstić information content (AvgIpc) is 3.06. The number of benzene rings is 2. The number of likely N-dealkylation sites (tertiary alicyclic amines) is 1. The minimum atomic E-state index is -0.960. The van der Waals surface area contributed by atoms with Crippen LogP contribution in [0.2, 0.25) is 0 Å². The Bertz CT molecular complexity index is 1180. The number of hydrogen-bond acceptors (Lipinski definition) is 5. The summed E-state index contributed by atoms with van der Waals surface area (Å²) >= 11 is 0. The Kier molecular flexibility index (Phi) is 8.78. The average molecular weight is 495 g/mol. The lowest BCUT2D eigenvalue weighted by Gasteiger charge is -2.27. The molecule has 192 valence electrons. The second-order valence-corrected chi connectivity index (χ2v) is 9.66. The van der Waals surface area contributed by atoms with Crippen LogP contribution in [-0.2, 0) is 13.1 Å². The van der Waals surface area contributed by atoms with Crippen molar-refractivity contribution >= 4 is 0 Å². The van der Waals surface area contributed by atoms with Crippen molar-refractivity contribution in [1.29, 1.82) is 0 Å². The number of halogens is 1. The summed E-state index contributed by atoms with van der Waals surface area (Å²) < 4.78 is 27.0. The van der Waals surface area contributed by atoms with Gasteiger partial charge in [-0.15, -0.1) is 0 Å². The van der Waals surface area contributed by atoms with E-state index in [1.807, 2.05) is 31.3 Å². The Balaban J connectivity index is 1.20. The van der Waals surface area contributed by atoms with E-state index < -0.39 is 11.4 Å². The Morgan fingerprint density at radius 1 is 1.00 bits per heavy atom. The Hall–Kier alpha value is -3.16. The fourth-order valence-electron chi connectivity index (χ4n) is 4.51. The fourth-order valence-corrected chi connectivity index (χ4v) is 4.51. The molecule has 0 spiro atoms. The van der Waals surface area contributed by atoms with E-state index in [4.69, 9.17) is 9.47 Å². The normalized spacial score (nSPS) is 18.5. The van der Waals surface area contributed by atoms with Crippen LogP contribution in [-0.4, -0.2) is 46.5 Å². The summed E-state index contributed by atoms with van der Waals surface area (Å²) in [7, 11) is 0. The molecule has 36 heavy (non-hydrogen) atoms. The first kappa shape index (κ1) is 25.9. The fraction of sp³-hybridized carbons (Fsp3) is 0.414. The van der Waals surface area contributed by atoms with Crippen LogP contribution in [0.15, 0.2) is 71.7 Å². The number of ether oxygens (including phenoxy) is 2. The van der Waals surface area contributed by atoms with Crippen molar-refractivity contribution in [2.45, 2.75) is 51.3 Å². The molecular formula is C29H35FN2O4. The van der Waals surface area contributed by atoms with E-state index in [1.54, 1.807) is 28.8 Å². The van der Waals surface area contributed by atoms with Gasteiger partial charge in [-0.3, -0.25) is 9.69 Å². The molecule has 4 rings (SSSR count). The van der Waals surface area contributed by atoms with Gasteiger partial charge >= 0.3 is 0 Å². The molecule has 1 aliphatic rings. The number of aliphatic hydroxyl groups is 1. The quantitative estimate of drug-likeness (QED) is 0.419. The predicted octanol–water partition coefficient (Wildman–Crippen LogP) is 4.56. The van der Waals surface area contributed by atoms with Crippen molar-refractivity contribution in [3.8, 4) is 11.5 Å². The predicted molar refractivity (Wildman–Crippen MR) is 138 cm³/mol. The molecule has 1 aliphatic heterocycles. The van der Waals surface area contributed by atoms with Crippen LogP contribution in [0.25, 0.3) is 0 Å². The molecule has 7 heteroatoms. The van der Waals surface area contributed by atoms with Gasteiger partial charge in [-0.25, -0.2) is 4.39 Å². The largest absolute Gasteiger partial charge is 0.494 e. The van der Waals surface area contributed by atoms with E-state index in [9.17, 15) is 14.3 Å². The SMILES string of the molecule is Cc1ccc(=O)n(CCCOc2ccc(CN3CCC[C@@](O)(COc4ccccc4F)CC3)cc2)c1. The highest BCUT2D eigenvalue weighted by molar-refractivity contribution is 5.27. The first-order valence-corrected chi connectivity index (χ1v) is 12.6. The van der Waals surface area contributed by atoms with Gasteiger partial charge < -0.3 is 19.1 Å². The Morgan fingerprint density at radius 2 is 1.81 bits per heavy atom. The molecule has 1 N–H and O–H groups in total. The number of aryl methyl sites for hydroxylation is 2. The highest BCUT2D eigenvalue weighted by Crippen LogP contribution is 2.26. The van der Waals surface area contributed by atoms with E-state index in [1.165, 1.54) is 11.6 Å². The smallest absolute Gasteiger partial charge is 0.250 e. The van der Waals surface area contributed by atoms with Gasteiger partial charge in [0.15, 0.2) is 11.6 Å². The summed E-state index contributed by atoms with van der Waals surface area (Å²) in [5.41, 5.74) is 1.30. The maximum absolute atomic E-state index is 13.8. The zero-order valence-electron chi connectivity index (χ0n) is 20.9. The summed E-state index contributed by atoms with van der Waals surface area (Å²) in [6, 6.07) is 17.8. The van der Waals surface area contributed by atoms with Crippen molar-refractivity contribution in [2.24, 2.45) is 0 Å². The molecule has 0 unspecified atom stereocenters. The van der Waals surface area contributed by atoms with Crippen molar-refractivity contribution in [3.05, 3.63) is 94.2 Å². The first-order valence-electron chi connectivity index (χ1n) is 12.6. The van der Waals surface area contributed by atoms with Crippen LogP contribution in [0.1, 0.15) is 36.8 Å². The molecule has 6 nitrogen and oxygen atoms in total. The Morgan fingerprint density at radius 3 is 2.61 bits per heavy atom. The number of aromatic nitrogens is 1. The van der Waals surface area contributed by atoms with E-state index in [0.717, 1.165) is 43.8 Å². The van der Waals surface area contributed by atoms with Crippen molar-refractivity contribution in [2.75, 3.05) is 26.3 Å². The molecule has 2 aromatic carbocycles. The topological polar surface area (TPSA) is 63.9 Å². The van der Waals surface area contributed by atoms with Gasteiger partial charge in [0.1, 0.15) is 12.4 Å². The highest BCUT2D eigenvalue weighted by Gasteiger charge is 2.31. The third-order valence-corrected chi connectivity index (χ3v) is 6.62. The molecule has 1 atom stereocenters. The first-order chi connectivity index (χ1) is 17.4. The Labute approximate surface area is 211 Å². The molecule has 1 saturated heterocycles. The summed E-state index contributed by atoms with van der Waals surface area (Å²) in [4.78, 5) is 14.2. The van der Waals surface area contributed by atoms with Gasteiger partial charge in [0.05, 0.1) is 12.2 Å². The van der Waals surface area contributed by atoms with Crippen LogP contribution in [0, 0.1) is 12.7 Å². The number of para-hydroxylation sites is 1. The van der Waals surface area contributed by atoms with Crippen LogP contribution < -0.4 is 15.0 Å². The number of nitrogens with zero attached hydrogens (tertiary/aromatic N) is 2. The molecule has 0 radical (unpaired) electrons. The minimum absolute atomic E-state index is 0.00882. The molecule has 3 aromatic rings. The van der Waals surface area contributed by atoms with E-state index in [-0.39, 0.29) is 17.9 Å². The van der Waals surface area contributed by atoms with Gasteiger partial charge in [-0.05, 0) is 74.5 Å². The summed E-state index contributed by atoms with van der Waals surface area (Å²) in [6.07, 6.45) is 4.67. The van der Waals surface area contributed by atoms with E-state index >= 15 is 0 Å². The van der Waals surface area contributed by atoms with Crippen molar-refractivity contribution in [3.63, 3.8) is 0 Å². The minimum Gasteiger partial charge on any atom is -0.494 e. The lowest BCUT2D eigenvalue weighted by Crippen LogP contribution is -2.37. The highest BCUT2D eigenvalue weighted by atomic mass is 19.1. The van der Waals surface area contributed by atoms with Crippen LogP contribution >= 0.6 is 0 Å². The summed E-state index contributed by atoms with van der Waals surface area (Å²) in [6.45, 7) is 5.66. The van der Waals surface area contributed by atoms with Gasteiger partial charge in [0.2, 0.25) is 0 Å². The number of hydrogen-bond donors (Lipinski definition) is 1. The third-order valence-electron chi connectivity index (χ3n) is 6.62. The second kappa shape index (κ2) is 12.2. The zero-order valence-corrected chi connectivity index (χ0v) is 20.9. The van der Waals surface area contributed by atoms with E-state index in [2.05, 4.69) is 17.0 Å². The molecule has 1 aromatic heterocycles. The lowest BCUT2D eigenvalue weighted by molar-refractivity contribution is -0.0177. The van der Waals surface area contributed by atoms with Gasteiger partial charge in [0, 0.05) is 31.9 Å². The van der Waals surface area contributed by atoms with Crippen molar-refractivity contribution in [1.82, 2.24) is 9.47 Å². The standard InChI is InChI=1S/C29H35FN2O4/c1-23-8-13-28(33)32(20-23)17-5-19-35-25-11-9-24(10-12-25)21-31-16-4-14-29(34,15-18-31)22-36-27-7-3-2-6-26(27)30/h2-3,6-13,20,34H,4-5,14-19,21-22H2,1H3/t29-/m0/s1. The number of rotatable bonds is 10. The molecule has 0 bridgehead atoms. The second-order valence-electron chi connectivity index (χ2n) is 9.66. The summed E-state index contributed by atoms with van der Waals surface area (Å²) in [5, 5.41) is 11.0.